The average Bonchev–Trinajstić information content (AvgIpc) is 3.28. The highest BCUT2D eigenvalue weighted by Gasteiger charge is 2.18. The lowest BCUT2D eigenvalue weighted by molar-refractivity contribution is 0.188. The Labute approximate surface area is 184 Å². The highest BCUT2D eigenvalue weighted by atomic mass is 32.2. The van der Waals surface area contributed by atoms with Crippen LogP contribution in [0.4, 0.5) is 23.1 Å². The normalized spacial score (nSPS) is 17.8. The summed E-state index contributed by atoms with van der Waals surface area (Å²) in [5, 5.41) is 9.99. The molecular formula is C22H26N6O2S. The van der Waals surface area contributed by atoms with Gasteiger partial charge in [0.05, 0.1) is 28.0 Å². The fourth-order valence-electron chi connectivity index (χ4n) is 3.43. The van der Waals surface area contributed by atoms with Gasteiger partial charge in [-0.1, -0.05) is 18.2 Å². The zero-order valence-corrected chi connectivity index (χ0v) is 18.4. The summed E-state index contributed by atoms with van der Waals surface area (Å²) < 4.78 is 17.4. The maximum Gasteiger partial charge on any atom is 0.137 e. The van der Waals surface area contributed by atoms with Crippen molar-refractivity contribution in [1.29, 1.82) is 0 Å². The summed E-state index contributed by atoms with van der Waals surface area (Å²) in [5.74, 6) is 1.91. The Hall–Kier alpha value is -2.88. The van der Waals surface area contributed by atoms with Crippen LogP contribution in [0.25, 0.3) is 0 Å². The number of nitrogens with zero attached hydrogens (tertiary/aromatic N) is 3. The second-order valence-corrected chi connectivity index (χ2v) is 8.76. The van der Waals surface area contributed by atoms with Crippen LogP contribution in [0.3, 0.4) is 0 Å². The summed E-state index contributed by atoms with van der Waals surface area (Å²) in [7, 11) is -1.10. The molecule has 3 aromatic rings. The van der Waals surface area contributed by atoms with Crippen molar-refractivity contribution in [2.75, 3.05) is 30.1 Å². The summed E-state index contributed by atoms with van der Waals surface area (Å²) in [6, 6.07) is 13.8. The van der Waals surface area contributed by atoms with E-state index < -0.39 is 10.8 Å². The second-order valence-electron chi connectivity index (χ2n) is 7.41. The van der Waals surface area contributed by atoms with E-state index >= 15 is 0 Å². The number of hydrogen-bond donors (Lipinski definition) is 3. The SMILES string of the molecule is CC(NC1CCOC1)c1ccc(Nc2cc(Nc3ccccc3S(C)=O)ncn2)nc1. The van der Waals surface area contributed by atoms with Crippen LogP contribution in [0, 0.1) is 0 Å². The van der Waals surface area contributed by atoms with Crippen molar-refractivity contribution in [3.05, 3.63) is 60.6 Å². The quantitative estimate of drug-likeness (QED) is 0.491. The molecule has 1 aliphatic heterocycles. The van der Waals surface area contributed by atoms with Crippen LogP contribution in [0.15, 0.2) is 59.9 Å². The van der Waals surface area contributed by atoms with Gasteiger partial charge in [0.15, 0.2) is 0 Å². The van der Waals surface area contributed by atoms with E-state index in [0.717, 1.165) is 35.8 Å². The first-order valence-corrected chi connectivity index (χ1v) is 11.7. The van der Waals surface area contributed by atoms with Crippen molar-refractivity contribution in [2.45, 2.75) is 30.3 Å². The van der Waals surface area contributed by atoms with Crippen molar-refractivity contribution in [3.63, 3.8) is 0 Å². The molecule has 162 valence electrons. The molecule has 1 aromatic carbocycles. The molecule has 1 fully saturated rings. The Bertz CT molecular complexity index is 1040. The number of benzene rings is 1. The third-order valence-electron chi connectivity index (χ3n) is 5.08. The third-order valence-corrected chi connectivity index (χ3v) is 6.06. The zero-order valence-electron chi connectivity index (χ0n) is 17.5. The zero-order chi connectivity index (χ0) is 21.6. The summed E-state index contributed by atoms with van der Waals surface area (Å²) in [6.07, 6.45) is 6.03. The topological polar surface area (TPSA) is 101 Å². The number of hydrogen-bond acceptors (Lipinski definition) is 8. The van der Waals surface area contributed by atoms with E-state index in [9.17, 15) is 4.21 Å². The van der Waals surface area contributed by atoms with Gasteiger partial charge >= 0.3 is 0 Å². The van der Waals surface area contributed by atoms with E-state index in [-0.39, 0.29) is 6.04 Å². The van der Waals surface area contributed by atoms with Gasteiger partial charge in [-0.05, 0) is 37.1 Å². The number of pyridine rings is 1. The lowest BCUT2D eigenvalue weighted by Gasteiger charge is -2.18. The predicted molar refractivity (Wildman–Crippen MR) is 122 cm³/mol. The number of aromatic nitrogens is 3. The van der Waals surface area contributed by atoms with Gasteiger partial charge in [0.2, 0.25) is 0 Å². The molecule has 3 N–H and O–H groups in total. The lowest BCUT2D eigenvalue weighted by atomic mass is 10.1. The van der Waals surface area contributed by atoms with E-state index in [1.807, 2.05) is 36.5 Å². The van der Waals surface area contributed by atoms with Gasteiger partial charge < -0.3 is 20.7 Å². The standard InChI is InChI=1S/C22H26N6O2S/c1-15(26-17-9-10-30-13-17)16-7-8-20(23-12-16)28-22-11-21(24-14-25-22)27-18-5-3-4-6-19(18)31(2)29/h3-8,11-12,14-15,17,26H,9-10,13H2,1-2H3,(H2,23,24,25,27,28). The minimum atomic E-state index is -1.10. The highest BCUT2D eigenvalue weighted by molar-refractivity contribution is 7.84. The van der Waals surface area contributed by atoms with Crippen LogP contribution in [-0.4, -0.2) is 44.7 Å². The van der Waals surface area contributed by atoms with Gasteiger partial charge in [0.1, 0.15) is 23.8 Å². The van der Waals surface area contributed by atoms with Gasteiger partial charge in [-0.25, -0.2) is 15.0 Å². The molecule has 0 bridgehead atoms. The first kappa shape index (κ1) is 21.4. The van der Waals surface area contributed by atoms with Gasteiger partial charge in [0, 0.05) is 37.2 Å². The van der Waals surface area contributed by atoms with Gasteiger partial charge in [0.25, 0.3) is 0 Å². The van der Waals surface area contributed by atoms with Crippen molar-refractivity contribution < 1.29 is 8.95 Å². The van der Waals surface area contributed by atoms with Gasteiger partial charge in [-0.3, -0.25) is 4.21 Å². The largest absolute Gasteiger partial charge is 0.380 e. The van der Waals surface area contributed by atoms with E-state index in [2.05, 4.69) is 43.9 Å². The Morgan fingerprint density at radius 1 is 1.06 bits per heavy atom. The molecule has 3 atom stereocenters. The molecule has 31 heavy (non-hydrogen) atoms. The Morgan fingerprint density at radius 2 is 1.87 bits per heavy atom. The van der Waals surface area contributed by atoms with Crippen LogP contribution in [0.1, 0.15) is 24.9 Å². The fraction of sp³-hybridized carbons (Fsp3) is 0.318. The molecule has 0 spiro atoms. The van der Waals surface area contributed by atoms with Crippen molar-refractivity contribution in [2.24, 2.45) is 0 Å². The number of rotatable bonds is 8. The van der Waals surface area contributed by atoms with Crippen LogP contribution in [0.5, 0.6) is 0 Å². The van der Waals surface area contributed by atoms with Crippen LogP contribution >= 0.6 is 0 Å². The first-order chi connectivity index (χ1) is 15.1. The highest BCUT2D eigenvalue weighted by Crippen LogP contribution is 2.24. The minimum Gasteiger partial charge on any atom is -0.380 e. The van der Waals surface area contributed by atoms with E-state index in [1.165, 1.54) is 6.33 Å². The van der Waals surface area contributed by atoms with Crippen molar-refractivity contribution in [1.82, 2.24) is 20.3 Å². The summed E-state index contributed by atoms with van der Waals surface area (Å²) in [5.41, 5.74) is 1.87. The Balaban J connectivity index is 1.41. The van der Waals surface area contributed by atoms with Crippen LogP contribution in [-0.2, 0) is 15.5 Å². The number of nitrogens with one attached hydrogen (secondary N) is 3. The molecule has 9 heteroatoms. The first-order valence-electron chi connectivity index (χ1n) is 10.2. The minimum absolute atomic E-state index is 0.201. The number of para-hydroxylation sites is 1. The molecule has 3 heterocycles. The Morgan fingerprint density at radius 3 is 2.58 bits per heavy atom. The molecule has 2 aromatic heterocycles. The molecular weight excluding hydrogens is 412 g/mol. The maximum absolute atomic E-state index is 11.9. The molecule has 0 saturated carbocycles. The van der Waals surface area contributed by atoms with Crippen molar-refractivity contribution in [3.8, 4) is 0 Å². The Kier molecular flexibility index (Phi) is 6.86. The molecule has 1 aliphatic rings. The molecule has 1 saturated heterocycles. The van der Waals surface area contributed by atoms with Crippen LogP contribution in [0.2, 0.25) is 0 Å². The van der Waals surface area contributed by atoms with Crippen LogP contribution < -0.4 is 16.0 Å². The van der Waals surface area contributed by atoms with Gasteiger partial charge in [-0.2, -0.15) is 0 Å². The summed E-state index contributed by atoms with van der Waals surface area (Å²) in [6.45, 7) is 3.72. The maximum atomic E-state index is 11.9. The molecule has 4 rings (SSSR count). The predicted octanol–water partition coefficient (Wildman–Crippen LogP) is 3.54. The third kappa shape index (κ3) is 5.63. The second kappa shape index (κ2) is 9.95. The molecule has 8 nitrogen and oxygen atoms in total. The summed E-state index contributed by atoms with van der Waals surface area (Å²) in [4.78, 5) is 13.8. The molecule has 3 unspecified atom stereocenters. The molecule has 0 radical (unpaired) electrons. The monoisotopic (exact) mass is 438 g/mol. The molecule has 0 aliphatic carbocycles. The van der Waals surface area contributed by atoms with Crippen molar-refractivity contribution >= 4 is 33.9 Å². The fourth-order valence-corrected chi connectivity index (χ4v) is 4.13. The van der Waals surface area contributed by atoms with Gasteiger partial charge in [-0.15, -0.1) is 0 Å². The summed E-state index contributed by atoms with van der Waals surface area (Å²) >= 11 is 0. The van der Waals surface area contributed by atoms with E-state index in [4.69, 9.17) is 4.74 Å². The lowest BCUT2D eigenvalue weighted by Crippen LogP contribution is -2.31. The van der Waals surface area contributed by atoms with E-state index in [0.29, 0.717) is 23.5 Å². The van der Waals surface area contributed by atoms with E-state index in [1.54, 1.807) is 12.3 Å². The smallest absolute Gasteiger partial charge is 0.137 e. The molecule has 0 amide bonds. The number of anilines is 4. The number of ether oxygens (including phenoxy) is 1. The average molecular weight is 439 g/mol.